The SMILES string of the molecule is CCCN(CC)c1ccc(C(=O)NC(CO)c2ccccc2)cn1. The molecule has 5 heteroatoms. The van der Waals surface area contributed by atoms with Crippen LogP contribution in [-0.2, 0) is 0 Å². The van der Waals surface area contributed by atoms with Crippen molar-refractivity contribution >= 4 is 11.7 Å². The van der Waals surface area contributed by atoms with Gasteiger partial charge in [-0.25, -0.2) is 4.98 Å². The molecule has 0 bridgehead atoms. The minimum atomic E-state index is -0.425. The smallest absolute Gasteiger partial charge is 0.253 e. The number of benzene rings is 1. The third-order valence-corrected chi connectivity index (χ3v) is 3.90. The lowest BCUT2D eigenvalue weighted by molar-refractivity contribution is 0.0916. The standard InChI is InChI=1S/C19H25N3O2/c1-3-12-22(4-2)18-11-10-16(13-20-18)19(24)21-17(14-23)15-8-6-5-7-9-15/h5-11,13,17,23H,3-4,12,14H2,1-2H3,(H,21,24). The largest absolute Gasteiger partial charge is 0.394 e. The first-order valence-electron chi connectivity index (χ1n) is 8.37. The van der Waals surface area contributed by atoms with Gasteiger partial charge in [0.15, 0.2) is 0 Å². The van der Waals surface area contributed by atoms with E-state index in [-0.39, 0.29) is 12.5 Å². The average molecular weight is 327 g/mol. The first-order valence-corrected chi connectivity index (χ1v) is 8.37. The van der Waals surface area contributed by atoms with Gasteiger partial charge in [0.2, 0.25) is 0 Å². The van der Waals surface area contributed by atoms with Crippen molar-refractivity contribution in [3.8, 4) is 0 Å². The van der Waals surface area contributed by atoms with Gasteiger partial charge >= 0.3 is 0 Å². The predicted molar refractivity (Wildman–Crippen MR) is 96.2 cm³/mol. The number of hydrogen-bond acceptors (Lipinski definition) is 4. The number of aliphatic hydroxyl groups is 1. The van der Waals surface area contributed by atoms with E-state index in [4.69, 9.17) is 0 Å². The van der Waals surface area contributed by atoms with E-state index in [2.05, 4.69) is 29.0 Å². The van der Waals surface area contributed by atoms with Crippen LogP contribution < -0.4 is 10.2 Å². The molecule has 1 aromatic carbocycles. The lowest BCUT2D eigenvalue weighted by Crippen LogP contribution is -2.31. The van der Waals surface area contributed by atoms with Gasteiger partial charge in [-0.1, -0.05) is 37.3 Å². The highest BCUT2D eigenvalue weighted by Gasteiger charge is 2.15. The Kier molecular flexibility index (Phi) is 6.75. The van der Waals surface area contributed by atoms with Crippen LogP contribution in [0, 0.1) is 0 Å². The van der Waals surface area contributed by atoms with Crippen LogP contribution in [0.1, 0.15) is 42.2 Å². The molecular formula is C19H25N3O2. The minimum Gasteiger partial charge on any atom is -0.394 e. The van der Waals surface area contributed by atoms with Crippen molar-refractivity contribution in [2.75, 3.05) is 24.6 Å². The van der Waals surface area contributed by atoms with Crippen molar-refractivity contribution in [1.29, 1.82) is 0 Å². The second-order valence-corrected chi connectivity index (χ2v) is 5.60. The van der Waals surface area contributed by atoms with Crippen LogP contribution in [0.25, 0.3) is 0 Å². The van der Waals surface area contributed by atoms with Gasteiger partial charge in [-0.2, -0.15) is 0 Å². The van der Waals surface area contributed by atoms with E-state index < -0.39 is 6.04 Å². The molecule has 5 nitrogen and oxygen atoms in total. The summed E-state index contributed by atoms with van der Waals surface area (Å²) < 4.78 is 0. The van der Waals surface area contributed by atoms with Crippen LogP contribution in [0.2, 0.25) is 0 Å². The van der Waals surface area contributed by atoms with Gasteiger partial charge in [-0.05, 0) is 31.0 Å². The molecule has 0 saturated heterocycles. The van der Waals surface area contributed by atoms with Crippen molar-refractivity contribution in [3.63, 3.8) is 0 Å². The van der Waals surface area contributed by atoms with Gasteiger partial charge in [0, 0.05) is 19.3 Å². The Balaban J connectivity index is 2.06. The molecule has 1 aromatic heterocycles. The van der Waals surface area contributed by atoms with E-state index in [0.717, 1.165) is 30.9 Å². The van der Waals surface area contributed by atoms with E-state index in [1.165, 1.54) is 0 Å². The lowest BCUT2D eigenvalue weighted by Gasteiger charge is -2.21. The molecule has 0 saturated carbocycles. The van der Waals surface area contributed by atoms with Crippen LogP contribution in [0.4, 0.5) is 5.82 Å². The van der Waals surface area contributed by atoms with Crippen LogP contribution in [0.3, 0.4) is 0 Å². The molecule has 1 unspecified atom stereocenters. The third kappa shape index (κ3) is 4.55. The average Bonchev–Trinajstić information content (AvgIpc) is 2.65. The highest BCUT2D eigenvalue weighted by Crippen LogP contribution is 2.15. The van der Waals surface area contributed by atoms with Crippen molar-refractivity contribution in [2.24, 2.45) is 0 Å². The monoisotopic (exact) mass is 327 g/mol. The molecule has 0 aliphatic heterocycles. The van der Waals surface area contributed by atoms with Crippen LogP contribution in [0.5, 0.6) is 0 Å². The summed E-state index contributed by atoms with van der Waals surface area (Å²) in [7, 11) is 0. The van der Waals surface area contributed by atoms with E-state index in [9.17, 15) is 9.90 Å². The Labute approximate surface area is 143 Å². The van der Waals surface area contributed by atoms with Crippen molar-refractivity contribution < 1.29 is 9.90 Å². The topological polar surface area (TPSA) is 65.5 Å². The Morgan fingerprint density at radius 3 is 2.50 bits per heavy atom. The highest BCUT2D eigenvalue weighted by molar-refractivity contribution is 5.94. The molecule has 0 fully saturated rings. The summed E-state index contributed by atoms with van der Waals surface area (Å²) in [6, 6.07) is 12.6. The Hall–Kier alpha value is -2.40. The fourth-order valence-electron chi connectivity index (χ4n) is 2.57. The van der Waals surface area contributed by atoms with Gasteiger partial charge in [-0.15, -0.1) is 0 Å². The number of pyridine rings is 1. The van der Waals surface area contributed by atoms with E-state index in [1.54, 1.807) is 12.3 Å². The molecule has 0 aliphatic carbocycles. The fraction of sp³-hybridized carbons (Fsp3) is 0.368. The first kappa shape index (κ1) is 17.9. The van der Waals surface area contributed by atoms with Crippen molar-refractivity contribution in [1.82, 2.24) is 10.3 Å². The van der Waals surface area contributed by atoms with Crippen LogP contribution >= 0.6 is 0 Å². The number of hydrogen-bond donors (Lipinski definition) is 2. The second-order valence-electron chi connectivity index (χ2n) is 5.60. The number of carbonyl (C=O) groups excluding carboxylic acids is 1. The Morgan fingerprint density at radius 2 is 1.96 bits per heavy atom. The highest BCUT2D eigenvalue weighted by atomic mass is 16.3. The van der Waals surface area contributed by atoms with Crippen molar-refractivity contribution in [3.05, 3.63) is 59.8 Å². The fourth-order valence-corrected chi connectivity index (χ4v) is 2.57. The molecule has 2 aromatic rings. The molecule has 1 amide bonds. The number of amides is 1. The maximum Gasteiger partial charge on any atom is 0.253 e. The molecule has 0 spiro atoms. The number of rotatable bonds is 8. The van der Waals surface area contributed by atoms with Gasteiger partial charge in [0.25, 0.3) is 5.91 Å². The predicted octanol–water partition coefficient (Wildman–Crippen LogP) is 2.78. The number of anilines is 1. The molecule has 0 radical (unpaired) electrons. The third-order valence-electron chi connectivity index (χ3n) is 3.90. The first-order chi connectivity index (χ1) is 11.7. The molecule has 1 heterocycles. The molecular weight excluding hydrogens is 302 g/mol. The summed E-state index contributed by atoms with van der Waals surface area (Å²) in [4.78, 5) is 19.0. The minimum absolute atomic E-state index is 0.151. The maximum atomic E-state index is 12.4. The van der Waals surface area contributed by atoms with Gasteiger partial charge < -0.3 is 15.3 Å². The second kappa shape index (κ2) is 9.03. The quantitative estimate of drug-likeness (QED) is 0.782. The summed E-state index contributed by atoms with van der Waals surface area (Å²) in [5.41, 5.74) is 1.36. The van der Waals surface area contributed by atoms with Gasteiger partial charge in [-0.3, -0.25) is 4.79 Å². The number of nitrogens with one attached hydrogen (secondary N) is 1. The van der Waals surface area contributed by atoms with Crippen molar-refractivity contribution in [2.45, 2.75) is 26.3 Å². The Morgan fingerprint density at radius 1 is 1.21 bits per heavy atom. The summed E-state index contributed by atoms with van der Waals surface area (Å²) >= 11 is 0. The summed E-state index contributed by atoms with van der Waals surface area (Å²) in [5.74, 6) is 0.633. The normalized spacial score (nSPS) is 11.8. The number of nitrogens with zero attached hydrogens (tertiary/aromatic N) is 2. The molecule has 0 aliphatic rings. The molecule has 2 N–H and O–H groups in total. The molecule has 1 atom stereocenters. The zero-order valence-corrected chi connectivity index (χ0v) is 14.3. The molecule has 128 valence electrons. The summed E-state index contributed by atoms with van der Waals surface area (Å²) in [6.07, 6.45) is 2.63. The maximum absolute atomic E-state index is 12.4. The van der Waals surface area contributed by atoms with Gasteiger partial charge in [0.1, 0.15) is 5.82 Å². The summed E-state index contributed by atoms with van der Waals surface area (Å²) in [5, 5.41) is 12.4. The van der Waals surface area contributed by atoms with E-state index >= 15 is 0 Å². The lowest BCUT2D eigenvalue weighted by atomic mass is 10.1. The van der Waals surface area contributed by atoms with Gasteiger partial charge in [0.05, 0.1) is 18.2 Å². The van der Waals surface area contributed by atoms with Crippen LogP contribution in [0.15, 0.2) is 48.7 Å². The van der Waals surface area contributed by atoms with Crippen LogP contribution in [-0.4, -0.2) is 35.7 Å². The van der Waals surface area contributed by atoms with E-state index in [0.29, 0.717) is 5.56 Å². The summed E-state index contributed by atoms with van der Waals surface area (Å²) in [6.45, 7) is 5.89. The molecule has 2 rings (SSSR count). The van der Waals surface area contributed by atoms with E-state index in [1.807, 2.05) is 36.4 Å². The zero-order valence-electron chi connectivity index (χ0n) is 14.3. The number of aliphatic hydroxyl groups excluding tert-OH is 1. The zero-order chi connectivity index (χ0) is 17.4. The Bertz CT molecular complexity index is 629. The molecule has 24 heavy (non-hydrogen) atoms. The number of aromatic nitrogens is 1. The number of carbonyl (C=O) groups is 1.